The normalized spacial score (nSPS) is 12.7. The lowest BCUT2D eigenvalue weighted by atomic mass is 10.1. The number of anilines is 1. The molecule has 1 unspecified atom stereocenters. The Labute approximate surface area is 212 Å². The molecule has 2 aromatic carbocycles. The van der Waals surface area contributed by atoms with Gasteiger partial charge in [0.2, 0.25) is 21.8 Å². The number of sulfonamides is 1. The maximum absolute atomic E-state index is 13.6. The van der Waals surface area contributed by atoms with E-state index in [9.17, 15) is 18.0 Å². The van der Waals surface area contributed by atoms with Crippen molar-refractivity contribution in [2.24, 2.45) is 0 Å². The molecule has 0 bridgehead atoms. The van der Waals surface area contributed by atoms with Crippen molar-refractivity contribution in [2.75, 3.05) is 17.1 Å². The van der Waals surface area contributed by atoms with Crippen molar-refractivity contribution in [1.82, 2.24) is 10.2 Å². The first-order chi connectivity index (χ1) is 15.7. The summed E-state index contributed by atoms with van der Waals surface area (Å²) in [4.78, 5) is 28.1. The minimum atomic E-state index is -3.90. The maximum Gasteiger partial charge on any atom is 0.244 e. The average Bonchev–Trinajstić information content (AvgIpc) is 2.72. The van der Waals surface area contributed by atoms with Crippen molar-refractivity contribution >= 4 is 50.7 Å². The summed E-state index contributed by atoms with van der Waals surface area (Å²) in [5.74, 6) is -0.854. The highest BCUT2D eigenvalue weighted by Gasteiger charge is 2.33. The van der Waals surface area contributed by atoms with Gasteiger partial charge >= 0.3 is 0 Å². The number of nitrogens with one attached hydrogen (secondary N) is 1. The third-order valence-electron chi connectivity index (χ3n) is 4.96. The van der Waals surface area contributed by atoms with Crippen LogP contribution in [-0.2, 0) is 26.2 Å². The molecule has 34 heavy (non-hydrogen) atoms. The minimum Gasteiger partial charge on any atom is -0.350 e. The number of carbonyl (C=O) groups excluding carboxylic acids is 2. The largest absolute Gasteiger partial charge is 0.350 e. The lowest BCUT2D eigenvalue weighted by Gasteiger charge is -2.34. The molecule has 0 aliphatic carbocycles. The number of rotatable bonds is 9. The van der Waals surface area contributed by atoms with E-state index < -0.39 is 34.1 Å². The van der Waals surface area contributed by atoms with E-state index in [1.807, 2.05) is 51.1 Å². The third kappa shape index (κ3) is 7.61. The first-order valence-corrected chi connectivity index (χ1v) is 13.4. The Morgan fingerprint density at radius 2 is 1.65 bits per heavy atom. The van der Waals surface area contributed by atoms with E-state index in [2.05, 4.69) is 5.32 Å². The van der Waals surface area contributed by atoms with E-state index >= 15 is 0 Å². The van der Waals surface area contributed by atoms with Crippen LogP contribution in [0.5, 0.6) is 0 Å². The molecule has 0 fully saturated rings. The molecule has 10 heteroatoms. The molecule has 0 saturated carbocycles. The molecule has 2 rings (SSSR count). The predicted molar refractivity (Wildman–Crippen MR) is 138 cm³/mol. The standard InChI is InChI=1S/C24H31Cl2N3O4S/c1-6-19(23(31)27-24(2,3)4)28(15-17-11-8-7-9-12-17)21(30)16-29(34(5,32)33)20-14-10-13-18(25)22(20)26/h7-14,19H,6,15-16H2,1-5H3,(H,27,31). The van der Waals surface area contributed by atoms with Crippen LogP contribution in [0.15, 0.2) is 48.5 Å². The zero-order valence-electron chi connectivity index (χ0n) is 20.0. The number of amides is 2. The number of carbonyl (C=O) groups is 2. The fourth-order valence-electron chi connectivity index (χ4n) is 3.43. The summed E-state index contributed by atoms with van der Waals surface area (Å²) in [6, 6.07) is 13.0. The summed E-state index contributed by atoms with van der Waals surface area (Å²) < 4.78 is 26.2. The molecule has 0 spiro atoms. The fourth-order valence-corrected chi connectivity index (χ4v) is 4.73. The molecule has 0 aromatic heterocycles. The lowest BCUT2D eigenvalue weighted by Crippen LogP contribution is -2.55. The Hall–Kier alpha value is -2.29. The number of benzene rings is 2. The first-order valence-electron chi connectivity index (χ1n) is 10.8. The molecule has 0 saturated heterocycles. The summed E-state index contributed by atoms with van der Waals surface area (Å²) in [7, 11) is -3.90. The Morgan fingerprint density at radius 3 is 2.18 bits per heavy atom. The molecule has 2 amide bonds. The summed E-state index contributed by atoms with van der Waals surface area (Å²) in [6.07, 6.45) is 1.33. The zero-order chi connectivity index (χ0) is 25.7. The minimum absolute atomic E-state index is 0.0227. The van der Waals surface area contributed by atoms with Crippen LogP contribution in [0.4, 0.5) is 5.69 Å². The van der Waals surface area contributed by atoms with Gasteiger partial charge in [0.05, 0.1) is 22.0 Å². The van der Waals surface area contributed by atoms with Crippen LogP contribution in [0.1, 0.15) is 39.7 Å². The van der Waals surface area contributed by atoms with Crippen LogP contribution < -0.4 is 9.62 Å². The second kappa shape index (κ2) is 11.4. The van der Waals surface area contributed by atoms with Crippen LogP contribution in [0, 0.1) is 0 Å². The van der Waals surface area contributed by atoms with Gasteiger partial charge in [0, 0.05) is 12.1 Å². The maximum atomic E-state index is 13.6. The molecule has 0 radical (unpaired) electrons. The first kappa shape index (κ1) is 28.0. The van der Waals surface area contributed by atoms with Gasteiger partial charge in [0.25, 0.3) is 0 Å². The summed E-state index contributed by atoms with van der Waals surface area (Å²) in [5, 5.41) is 3.11. The molecule has 1 atom stereocenters. The van der Waals surface area contributed by atoms with Crippen molar-refractivity contribution in [1.29, 1.82) is 0 Å². The van der Waals surface area contributed by atoms with Crippen molar-refractivity contribution in [3.05, 3.63) is 64.1 Å². The number of nitrogens with zero attached hydrogens (tertiary/aromatic N) is 2. The molecule has 1 N–H and O–H groups in total. The van der Waals surface area contributed by atoms with Gasteiger partial charge in [-0.25, -0.2) is 8.42 Å². The quantitative estimate of drug-likeness (QED) is 0.520. The Bertz CT molecular complexity index is 1120. The number of hydrogen-bond acceptors (Lipinski definition) is 4. The number of halogens is 2. The van der Waals surface area contributed by atoms with Gasteiger partial charge < -0.3 is 10.2 Å². The predicted octanol–water partition coefficient (Wildman–Crippen LogP) is 4.48. The van der Waals surface area contributed by atoms with Gasteiger partial charge in [-0.1, -0.05) is 66.5 Å². The topological polar surface area (TPSA) is 86.8 Å². The summed E-state index contributed by atoms with van der Waals surface area (Å²) in [6.45, 7) is 6.97. The van der Waals surface area contributed by atoms with E-state index in [0.29, 0.717) is 6.42 Å². The van der Waals surface area contributed by atoms with Gasteiger partial charge in [-0.05, 0) is 44.9 Å². The van der Waals surface area contributed by atoms with Crippen molar-refractivity contribution in [3.8, 4) is 0 Å². The molecule has 0 aliphatic rings. The van der Waals surface area contributed by atoms with E-state index in [1.54, 1.807) is 13.0 Å². The van der Waals surface area contributed by atoms with Crippen LogP contribution in [0.2, 0.25) is 10.0 Å². The molecular formula is C24H31Cl2N3O4S. The van der Waals surface area contributed by atoms with Gasteiger partial charge in [0.1, 0.15) is 12.6 Å². The van der Waals surface area contributed by atoms with E-state index in [1.165, 1.54) is 17.0 Å². The Morgan fingerprint density at radius 1 is 1.03 bits per heavy atom. The van der Waals surface area contributed by atoms with Gasteiger partial charge in [0.15, 0.2) is 0 Å². The van der Waals surface area contributed by atoms with E-state index in [4.69, 9.17) is 23.2 Å². The molecule has 2 aromatic rings. The second-order valence-corrected chi connectivity index (χ2v) is 11.7. The highest BCUT2D eigenvalue weighted by atomic mass is 35.5. The van der Waals surface area contributed by atoms with E-state index in [-0.39, 0.29) is 28.2 Å². The zero-order valence-corrected chi connectivity index (χ0v) is 22.3. The average molecular weight is 529 g/mol. The third-order valence-corrected chi connectivity index (χ3v) is 6.89. The van der Waals surface area contributed by atoms with Crippen molar-refractivity contribution in [2.45, 2.75) is 52.2 Å². The number of hydrogen-bond donors (Lipinski definition) is 1. The van der Waals surface area contributed by atoms with Crippen LogP contribution in [0.25, 0.3) is 0 Å². The van der Waals surface area contributed by atoms with Crippen LogP contribution >= 0.6 is 23.2 Å². The highest BCUT2D eigenvalue weighted by molar-refractivity contribution is 7.92. The second-order valence-electron chi connectivity index (χ2n) is 9.01. The van der Waals surface area contributed by atoms with Gasteiger partial charge in [-0.3, -0.25) is 13.9 Å². The van der Waals surface area contributed by atoms with E-state index in [0.717, 1.165) is 16.1 Å². The molecule has 7 nitrogen and oxygen atoms in total. The van der Waals surface area contributed by atoms with Gasteiger partial charge in [-0.15, -0.1) is 0 Å². The summed E-state index contributed by atoms with van der Waals surface area (Å²) in [5.41, 5.74) is 0.403. The smallest absolute Gasteiger partial charge is 0.244 e. The molecular weight excluding hydrogens is 497 g/mol. The van der Waals surface area contributed by atoms with Gasteiger partial charge in [-0.2, -0.15) is 0 Å². The Kier molecular flexibility index (Phi) is 9.39. The Balaban J connectivity index is 2.48. The summed E-state index contributed by atoms with van der Waals surface area (Å²) >= 11 is 12.4. The van der Waals surface area contributed by atoms with Crippen molar-refractivity contribution < 1.29 is 18.0 Å². The van der Waals surface area contributed by atoms with Crippen LogP contribution in [-0.4, -0.2) is 49.5 Å². The van der Waals surface area contributed by atoms with Crippen molar-refractivity contribution in [3.63, 3.8) is 0 Å². The SMILES string of the molecule is CCC(C(=O)NC(C)(C)C)N(Cc1ccccc1)C(=O)CN(c1cccc(Cl)c1Cl)S(C)(=O)=O. The highest BCUT2D eigenvalue weighted by Crippen LogP contribution is 2.33. The molecule has 0 aliphatic heterocycles. The molecule has 186 valence electrons. The van der Waals surface area contributed by atoms with Crippen LogP contribution in [0.3, 0.4) is 0 Å². The monoisotopic (exact) mass is 527 g/mol. The fraction of sp³-hybridized carbons (Fsp3) is 0.417. The molecule has 0 heterocycles. The lowest BCUT2D eigenvalue weighted by molar-refractivity contribution is -0.141.